The van der Waals surface area contributed by atoms with E-state index in [1.54, 1.807) is 24.7 Å². The van der Waals surface area contributed by atoms with E-state index in [0.29, 0.717) is 6.61 Å². The van der Waals surface area contributed by atoms with Gasteiger partial charge in [-0.1, -0.05) is 12.1 Å². The number of ether oxygens (including phenoxy) is 1. The van der Waals surface area contributed by atoms with Crippen molar-refractivity contribution in [2.45, 2.75) is 31.7 Å². The zero-order valence-electron chi connectivity index (χ0n) is 14.4. The van der Waals surface area contributed by atoms with Gasteiger partial charge in [0.2, 0.25) is 0 Å². The normalized spacial score (nSPS) is 22.8. The van der Waals surface area contributed by atoms with Crippen molar-refractivity contribution in [3.63, 3.8) is 0 Å². The number of rotatable bonds is 3. The first-order valence-electron chi connectivity index (χ1n) is 8.89. The van der Waals surface area contributed by atoms with Crippen LogP contribution in [0.5, 0.6) is 0 Å². The number of imidazole rings is 1. The van der Waals surface area contributed by atoms with Gasteiger partial charge in [0, 0.05) is 30.8 Å². The Morgan fingerprint density at radius 2 is 2.19 bits per heavy atom. The molecular formula is C20H20FN3O2. The summed E-state index contributed by atoms with van der Waals surface area (Å²) in [5.74, 6) is 0.676. The molecule has 6 heteroatoms. The Morgan fingerprint density at radius 1 is 1.23 bits per heavy atom. The Hall–Kier alpha value is -2.44. The van der Waals surface area contributed by atoms with Gasteiger partial charge in [-0.15, -0.1) is 0 Å². The molecule has 0 radical (unpaired) electrons. The zero-order valence-corrected chi connectivity index (χ0v) is 14.4. The molecule has 0 saturated carbocycles. The Balaban J connectivity index is 1.39. The van der Waals surface area contributed by atoms with E-state index in [1.807, 2.05) is 18.3 Å². The van der Waals surface area contributed by atoms with Gasteiger partial charge in [-0.3, -0.25) is 4.90 Å². The summed E-state index contributed by atoms with van der Waals surface area (Å²) in [6, 6.07) is 8.69. The number of hydrogen-bond donors (Lipinski definition) is 0. The molecule has 1 saturated heterocycles. The predicted molar refractivity (Wildman–Crippen MR) is 93.7 cm³/mol. The van der Waals surface area contributed by atoms with Gasteiger partial charge in [0.1, 0.15) is 23.8 Å². The number of nitrogens with zero attached hydrogens (tertiary/aromatic N) is 3. The largest absolute Gasteiger partial charge is 0.472 e. The molecule has 1 fully saturated rings. The van der Waals surface area contributed by atoms with E-state index in [1.165, 1.54) is 11.6 Å². The van der Waals surface area contributed by atoms with Crippen LogP contribution in [-0.2, 0) is 24.4 Å². The molecule has 0 unspecified atom stereocenters. The van der Waals surface area contributed by atoms with E-state index in [2.05, 4.69) is 14.5 Å². The van der Waals surface area contributed by atoms with Crippen molar-refractivity contribution in [2.24, 2.45) is 0 Å². The first kappa shape index (κ1) is 15.8. The highest BCUT2D eigenvalue weighted by molar-refractivity contribution is 5.59. The molecular weight excluding hydrogens is 333 g/mol. The fraction of sp³-hybridized carbons (Fsp3) is 0.350. The predicted octanol–water partition coefficient (Wildman–Crippen LogP) is 3.46. The highest BCUT2D eigenvalue weighted by Gasteiger charge is 2.43. The smallest absolute Gasteiger partial charge is 0.135 e. The molecule has 3 aromatic rings. The number of likely N-dealkylation sites (tertiary alicyclic amines) is 1. The van der Waals surface area contributed by atoms with Crippen LogP contribution in [0, 0.1) is 5.82 Å². The minimum absolute atomic E-state index is 0.209. The molecule has 2 aromatic heterocycles. The average molecular weight is 353 g/mol. The Labute approximate surface area is 151 Å². The van der Waals surface area contributed by atoms with Crippen LogP contribution in [0.15, 0.2) is 53.5 Å². The summed E-state index contributed by atoms with van der Waals surface area (Å²) < 4.78 is 27.3. The number of halogens is 1. The minimum Gasteiger partial charge on any atom is -0.472 e. The molecule has 1 spiro atoms. The summed E-state index contributed by atoms with van der Waals surface area (Å²) >= 11 is 0. The lowest BCUT2D eigenvalue weighted by Gasteiger charge is -2.35. The van der Waals surface area contributed by atoms with Gasteiger partial charge >= 0.3 is 0 Å². The molecule has 1 atom stereocenters. The topological polar surface area (TPSA) is 43.4 Å². The van der Waals surface area contributed by atoms with Gasteiger partial charge < -0.3 is 13.7 Å². The van der Waals surface area contributed by atoms with Crippen LogP contribution in [-0.4, -0.2) is 33.1 Å². The second kappa shape index (κ2) is 6.07. The maximum absolute atomic E-state index is 13.6. The summed E-state index contributed by atoms with van der Waals surface area (Å²) in [7, 11) is 0. The third-order valence-electron chi connectivity index (χ3n) is 5.39. The molecule has 0 N–H and O–H groups in total. The molecule has 0 amide bonds. The van der Waals surface area contributed by atoms with E-state index >= 15 is 0 Å². The van der Waals surface area contributed by atoms with Crippen molar-refractivity contribution in [3.05, 3.63) is 66.3 Å². The summed E-state index contributed by atoms with van der Waals surface area (Å²) in [5.41, 5.74) is 2.78. The molecule has 0 aliphatic carbocycles. The average Bonchev–Trinajstić information content (AvgIpc) is 3.36. The molecule has 4 heterocycles. The first-order valence-corrected chi connectivity index (χ1v) is 8.89. The van der Waals surface area contributed by atoms with Crippen molar-refractivity contribution in [2.75, 3.05) is 13.1 Å². The number of fused-ring (bicyclic) bond motifs is 1. The maximum atomic E-state index is 13.6. The lowest BCUT2D eigenvalue weighted by molar-refractivity contribution is -0.0821. The standard InChI is InChI=1S/C20H20FN3O2/c21-17-3-1-2-16(8-17)18-9-22-19-12-26-20(14-24(18)19)5-6-23(13-20)10-15-4-7-25-11-15/h1-4,7-9,11H,5-6,10,12-14H2/t20-/m1/s1. The highest BCUT2D eigenvalue weighted by atomic mass is 19.1. The molecule has 1 aromatic carbocycles. The van der Waals surface area contributed by atoms with Crippen molar-refractivity contribution in [1.82, 2.24) is 14.5 Å². The quantitative estimate of drug-likeness (QED) is 0.723. The molecule has 2 aliphatic rings. The van der Waals surface area contributed by atoms with Gasteiger partial charge in [-0.2, -0.15) is 0 Å². The van der Waals surface area contributed by atoms with E-state index in [9.17, 15) is 4.39 Å². The summed E-state index contributed by atoms with van der Waals surface area (Å²) in [6.07, 6.45) is 6.31. The van der Waals surface area contributed by atoms with Gasteiger partial charge in [-0.05, 0) is 24.6 Å². The Bertz CT molecular complexity index is 921. The number of hydrogen-bond acceptors (Lipinski definition) is 4. The minimum atomic E-state index is -0.230. The van der Waals surface area contributed by atoms with Crippen molar-refractivity contribution < 1.29 is 13.5 Å². The second-order valence-electron chi connectivity index (χ2n) is 7.22. The SMILES string of the molecule is Fc1cccc(-c2cnc3n2C[C@]2(CCN(Cc4ccoc4)C2)OC3)c1. The van der Waals surface area contributed by atoms with Gasteiger partial charge in [0.25, 0.3) is 0 Å². The Morgan fingerprint density at radius 3 is 3.04 bits per heavy atom. The maximum Gasteiger partial charge on any atom is 0.135 e. The van der Waals surface area contributed by atoms with Crippen LogP contribution in [0.1, 0.15) is 17.8 Å². The van der Waals surface area contributed by atoms with Crippen LogP contribution in [0.25, 0.3) is 11.3 Å². The lowest BCUT2D eigenvalue weighted by atomic mass is 10.0. The zero-order chi connectivity index (χ0) is 17.6. The molecule has 5 rings (SSSR count). The van der Waals surface area contributed by atoms with E-state index < -0.39 is 0 Å². The van der Waals surface area contributed by atoms with Gasteiger partial charge in [0.15, 0.2) is 0 Å². The highest BCUT2D eigenvalue weighted by Crippen LogP contribution is 2.35. The van der Waals surface area contributed by atoms with E-state index in [4.69, 9.17) is 9.15 Å². The van der Waals surface area contributed by atoms with Crippen molar-refractivity contribution in [3.8, 4) is 11.3 Å². The summed E-state index contributed by atoms with van der Waals surface area (Å²) in [5, 5.41) is 0. The number of aromatic nitrogens is 2. The van der Waals surface area contributed by atoms with Crippen LogP contribution in [0.4, 0.5) is 4.39 Å². The fourth-order valence-electron chi connectivity index (χ4n) is 4.09. The third-order valence-corrected chi connectivity index (χ3v) is 5.39. The van der Waals surface area contributed by atoms with Crippen molar-refractivity contribution in [1.29, 1.82) is 0 Å². The molecule has 2 aliphatic heterocycles. The second-order valence-corrected chi connectivity index (χ2v) is 7.22. The molecule has 26 heavy (non-hydrogen) atoms. The number of furan rings is 1. The monoisotopic (exact) mass is 353 g/mol. The van der Waals surface area contributed by atoms with Crippen molar-refractivity contribution >= 4 is 0 Å². The first-order chi connectivity index (χ1) is 12.7. The summed E-state index contributed by atoms with van der Waals surface area (Å²) in [6.45, 7) is 3.98. The van der Waals surface area contributed by atoms with E-state index in [0.717, 1.165) is 49.7 Å². The third kappa shape index (κ3) is 2.75. The van der Waals surface area contributed by atoms with Crippen LogP contribution < -0.4 is 0 Å². The molecule has 134 valence electrons. The molecule has 0 bridgehead atoms. The van der Waals surface area contributed by atoms with Crippen LogP contribution in [0.3, 0.4) is 0 Å². The Kier molecular flexibility index (Phi) is 3.69. The van der Waals surface area contributed by atoms with Gasteiger partial charge in [-0.25, -0.2) is 9.37 Å². The number of benzene rings is 1. The molecule has 5 nitrogen and oxygen atoms in total. The van der Waals surface area contributed by atoms with Gasteiger partial charge in [0.05, 0.1) is 31.0 Å². The summed E-state index contributed by atoms with van der Waals surface area (Å²) in [4.78, 5) is 6.88. The lowest BCUT2D eigenvalue weighted by Crippen LogP contribution is -2.44. The van der Waals surface area contributed by atoms with Crippen LogP contribution in [0.2, 0.25) is 0 Å². The van der Waals surface area contributed by atoms with E-state index in [-0.39, 0.29) is 11.4 Å². The fourth-order valence-corrected chi connectivity index (χ4v) is 4.09. The van der Waals surface area contributed by atoms with Crippen LogP contribution >= 0.6 is 0 Å².